The first kappa shape index (κ1) is 23.0. The van der Waals surface area contributed by atoms with Crippen LogP contribution in [0.15, 0.2) is 78.8 Å². The fraction of sp³-hybridized carbons (Fsp3) is 0.138. The van der Waals surface area contributed by atoms with Crippen molar-refractivity contribution < 1.29 is 9.53 Å². The Morgan fingerprint density at radius 1 is 1.14 bits per heavy atom. The summed E-state index contributed by atoms with van der Waals surface area (Å²) in [6.07, 6.45) is 4.35. The highest BCUT2D eigenvalue weighted by molar-refractivity contribution is 7.16. The average Bonchev–Trinajstić information content (AvgIpc) is 3.31. The number of halogens is 1. The van der Waals surface area contributed by atoms with Gasteiger partial charge in [0.25, 0.3) is 0 Å². The Labute approximate surface area is 212 Å². The highest BCUT2D eigenvalue weighted by Crippen LogP contribution is 2.48. The van der Waals surface area contributed by atoms with Gasteiger partial charge in [0.2, 0.25) is 0 Å². The van der Waals surface area contributed by atoms with Gasteiger partial charge >= 0.3 is 5.97 Å². The molecular weight excluding hydrogens is 476 g/mol. The van der Waals surface area contributed by atoms with Crippen LogP contribution in [0.25, 0.3) is 21.4 Å². The van der Waals surface area contributed by atoms with Crippen LogP contribution in [0.4, 0.5) is 0 Å². The maximum absolute atomic E-state index is 12.2. The molecule has 0 N–H and O–H groups in total. The van der Waals surface area contributed by atoms with Crippen LogP contribution in [0.5, 0.6) is 5.75 Å². The molecule has 1 aromatic heterocycles. The number of carbonyl (C=O) groups is 1. The van der Waals surface area contributed by atoms with Gasteiger partial charge in [-0.25, -0.2) is 9.78 Å². The third kappa shape index (κ3) is 4.51. The number of nitriles is 1. The fourth-order valence-corrected chi connectivity index (χ4v) is 5.38. The summed E-state index contributed by atoms with van der Waals surface area (Å²) in [5.41, 5.74) is 7.93. The summed E-state index contributed by atoms with van der Waals surface area (Å²) in [4.78, 5) is 16.7. The smallest absolute Gasteiger partial charge is 0.335 e. The lowest BCUT2D eigenvalue weighted by Crippen LogP contribution is -2.16. The van der Waals surface area contributed by atoms with E-state index >= 15 is 0 Å². The summed E-state index contributed by atoms with van der Waals surface area (Å²) in [5.74, 6) is 0.213. The molecule has 6 heteroatoms. The van der Waals surface area contributed by atoms with E-state index in [0.29, 0.717) is 16.3 Å². The van der Waals surface area contributed by atoms with Crippen molar-refractivity contribution in [2.45, 2.75) is 19.3 Å². The first-order valence-electron chi connectivity index (χ1n) is 11.3. The monoisotopic (exact) mass is 496 g/mol. The SMILES string of the molecule is C=CC(=O)Oc1ccccc1/C(=C(/c1ccc(C#N)cc1Cl)C1CCC1)c1ccc2scnc2c1. The van der Waals surface area contributed by atoms with E-state index in [-0.39, 0.29) is 5.92 Å². The number of aromatic nitrogens is 1. The zero-order chi connectivity index (χ0) is 24.4. The van der Waals surface area contributed by atoms with Gasteiger partial charge in [-0.15, -0.1) is 11.3 Å². The van der Waals surface area contributed by atoms with Crippen LogP contribution in [0.2, 0.25) is 5.02 Å². The Hall–Kier alpha value is -3.72. The molecule has 1 fully saturated rings. The number of benzene rings is 3. The maximum Gasteiger partial charge on any atom is 0.335 e. The lowest BCUT2D eigenvalue weighted by atomic mass is 9.73. The van der Waals surface area contributed by atoms with Gasteiger partial charge in [-0.05, 0) is 71.4 Å². The van der Waals surface area contributed by atoms with E-state index in [1.165, 1.54) is 0 Å². The van der Waals surface area contributed by atoms with Crippen LogP contribution in [-0.2, 0) is 4.79 Å². The molecule has 0 aliphatic heterocycles. The zero-order valence-corrected chi connectivity index (χ0v) is 20.4. The highest BCUT2D eigenvalue weighted by Gasteiger charge is 2.30. The lowest BCUT2D eigenvalue weighted by molar-refractivity contribution is -0.128. The molecule has 0 spiro atoms. The molecule has 3 aromatic carbocycles. The van der Waals surface area contributed by atoms with Gasteiger partial charge in [0, 0.05) is 16.7 Å². The number of allylic oxidation sites excluding steroid dienone is 1. The van der Waals surface area contributed by atoms with Gasteiger partial charge in [0.1, 0.15) is 5.75 Å². The number of thiazole rings is 1. The Bertz CT molecular complexity index is 1530. The molecular formula is C29H21ClN2O2S. The third-order valence-corrected chi connectivity index (χ3v) is 7.45. The molecule has 0 saturated heterocycles. The predicted octanol–water partition coefficient (Wildman–Crippen LogP) is 7.67. The molecule has 35 heavy (non-hydrogen) atoms. The molecule has 5 rings (SSSR count). The van der Waals surface area contributed by atoms with Crippen molar-refractivity contribution in [1.82, 2.24) is 4.98 Å². The Morgan fingerprint density at radius 3 is 2.69 bits per heavy atom. The molecule has 1 saturated carbocycles. The number of hydrogen-bond donors (Lipinski definition) is 0. The quantitative estimate of drug-likeness (QED) is 0.119. The highest BCUT2D eigenvalue weighted by atomic mass is 35.5. The van der Waals surface area contributed by atoms with E-state index in [1.54, 1.807) is 29.5 Å². The number of ether oxygens (including phenoxy) is 1. The second kappa shape index (κ2) is 9.87. The molecule has 0 amide bonds. The van der Waals surface area contributed by atoms with Crippen LogP contribution in [-0.4, -0.2) is 11.0 Å². The van der Waals surface area contributed by atoms with Crippen molar-refractivity contribution in [3.8, 4) is 11.8 Å². The average molecular weight is 497 g/mol. The summed E-state index contributed by atoms with van der Waals surface area (Å²) < 4.78 is 6.77. The molecule has 4 nitrogen and oxygen atoms in total. The number of para-hydroxylation sites is 1. The van der Waals surface area contributed by atoms with E-state index in [1.807, 2.05) is 29.8 Å². The van der Waals surface area contributed by atoms with Crippen LogP contribution >= 0.6 is 22.9 Å². The first-order chi connectivity index (χ1) is 17.1. The van der Waals surface area contributed by atoms with Crippen molar-refractivity contribution in [2.24, 2.45) is 5.92 Å². The van der Waals surface area contributed by atoms with Crippen molar-refractivity contribution in [2.75, 3.05) is 0 Å². The topological polar surface area (TPSA) is 63.0 Å². The Kier molecular flexibility index (Phi) is 6.50. The Morgan fingerprint density at radius 2 is 1.97 bits per heavy atom. The molecule has 1 aliphatic carbocycles. The van der Waals surface area contributed by atoms with Crippen LogP contribution < -0.4 is 4.74 Å². The number of hydrogen-bond acceptors (Lipinski definition) is 5. The van der Waals surface area contributed by atoms with Gasteiger partial charge in [-0.2, -0.15) is 5.26 Å². The number of rotatable bonds is 6. The Balaban J connectivity index is 1.84. The molecule has 0 atom stereocenters. The first-order valence-corrected chi connectivity index (χ1v) is 12.6. The van der Waals surface area contributed by atoms with E-state index < -0.39 is 5.97 Å². The van der Waals surface area contributed by atoms with Crippen molar-refractivity contribution in [3.63, 3.8) is 0 Å². The lowest BCUT2D eigenvalue weighted by Gasteiger charge is -2.32. The standard InChI is InChI=1S/C29H21ClN2O2S/c1-2-27(33)34-25-9-4-3-8-22(25)29(20-11-13-26-24(15-20)32-17-35-26)28(19-6-5-7-19)21-12-10-18(16-31)14-23(21)30/h2-4,8-15,17,19H,1,5-7H2/b29-28+. The molecule has 0 bridgehead atoms. The van der Waals surface area contributed by atoms with E-state index in [2.05, 4.69) is 35.8 Å². The minimum absolute atomic E-state index is 0.282. The summed E-state index contributed by atoms with van der Waals surface area (Å²) in [7, 11) is 0. The molecule has 172 valence electrons. The van der Waals surface area contributed by atoms with Gasteiger partial charge < -0.3 is 4.74 Å². The zero-order valence-electron chi connectivity index (χ0n) is 18.8. The van der Waals surface area contributed by atoms with Crippen LogP contribution in [0, 0.1) is 17.2 Å². The molecule has 0 radical (unpaired) electrons. The van der Waals surface area contributed by atoms with Gasteiger partial charge in [-0.3, -0.25) is 0 Å². The number of nitrogens with zero attached hydrogens (tertiary/aromatic N) is 2. The molecule has 1 heterocycles. The molecule has 0 unspecified atom stereocenters. The minimum atomic E-state index is -0.520. The van der Waals surface area contributed by atoms with Crippen molar-refractivity contribution in [3.05, 3.63) is 106 Å². The minimum Gasteiger partial charge on any atom is -0.423 e. The third-order valence-electron chi connectivity index (χ3n) is 6.32. The normalized spacial score (nSPS) is 14.1. The van der Waals surface area contributed by atoms with E-state index in [4.69, 9.17) is 16.3 Å². The van der Waals surface area contributed by atoms with Gasteiger partial charge in [0.05, 0.1) is 27.4 Å². The van der Waals surface area contributed by atoms with Crippen molar-refractivity contribution >= 4 is 50.3 Å². The summed E-state index contributed by atoms with van der Waals surface area (Å²) in [6, 6.07) is 21.3. The number of carbonyl (C=O) groups excluding carboxylic acids is 1. The second-order valence-corrected chi connectivity index (χ2v) is 9.67. The molecule has 4 aromatic rings. The van der Waals surface area contributed by atoms with E-state index in [0.717, 1.165) is 63.4 Å². The largest absolute Gasteiger partial charge is 0.423 e. The van der Waals surface area contributed by atoms with Crippen molar-refractivity contribution in [1.29, 1.82) is 5.26 Å². The summed E-state index contributed by atoms with van der Waals surface area (Å²) >= 11 is 8.37. The van der Waals surface area contributed by atoms with E-state index in [9.17, 15) is 10.1 Å². The van der Waals surface area contributed by atoms with Gasteiger partial charge in [0.15, 0.2) is 0 Å². The maximum atomic E-state index is 12.2. The predicted molar refractivity (Wildman–Crippen MR) is 141 cm³/mol. The fourth-order valence-electron chi connectivity index (χ4n) is 4.44. The van der Waals surface area contributed by atoms with Crippen LogP contribution in [0.3, 0.4) is 0 Å². The second-order valence-electron chi connectivity index (χ2n) is 8.38. The van der Waals surface area contributed by atoms with Gasteiger partial charge in [-0.1, -0.05) is 54.9 Å². The number of esters is 1. The molecule has 1 aliphatic rings. The summed E-state index contributed by atoms with van der Waals surface area (Å²) in [6.45, 7) is 3.54. The number of fused-ring (bicyclic) bond motifs is 1. The summed E-state index contributed by atoms with van der Waals surface area (Å²) in [5, 5.41) is 9.89. The van der Waals surface area contributed by atoms with Crippen LogP contribution in [0.1, 0.15) is 41.5 Å².